The fourth-order valence-electron chi connectivity index (χ4n) is 1.64. The van der Waals surface area contributed by atoms with Crippen molar-refractivity contribution in [3.63, 3.8) is 0 Å². The molecule has 0 aliphatic rings. The van der Waals surface area contributed by atoms with Gasteiger partial charge in [-0.15, -0.1) is 0 Å². The standard InChI is InChI=1S/C13H21FN2O2S/c1-16(2)10-5-9-15-19(17,18)11-8-12-6-3-4-7-13(12)14/h3-4,6-7,15H,5,8-11H2,1-2H3. The lowest BCUT2D eigenvalue weighted by atomic mass is 10.2. The Kier molecular flexibility index (Phi) is 6.41. The Morgan fingerprint density at radius 1 is 1.26 bits per heavy atom. The normalized spacial score (nSPS) is 12.0. The van der Waals surface area contributed by atoms with Gasteiger partial charge in [0.05, 0.1) is 5.75 Å². The molecule has 0 aliphatic carbocycles. The number of benzene rings is 1. The number of rotatable bonds is 8. The van der Waals surface area contributed by atoms with Crippen molar-refractivity contribution in [2.24, 2.45) is 0 Å². The van der Waals surface area contributed by atoms with Gasteiger partial charge in [0.15, 0.2) is 0 Å². The Morgan fingerprint density at radius 2 is 1.95 bits per heavy atom. The molecule has 108 valence electrons. The van der Waals surface area contributed by atoms with Crippen molar-refractivity contribution in [1.82, 2.24) is 9.62 Å². The second kappa shape index (κ2) is 7.57. The Morgan fingerprint density at radius 3 is 2.58 bits per heavy atom. The highest BCUT2D eigenvalue weighted by atomic mass is 32.2. The molecule has 0 aromatic heterocycles. The summed E-state index contributed by atoms with van der Waals surface area (Å²) in [6, 6.07) is 6.24. The minimum Gasteiger partial charge on any atom is -0.309 e. The van der Waals surface area contributed by atoms with E-state index in [0.717, 1.165) is 13.0 Å². The molecule has 0 unspecified atom stereocenters. The first-order valence-corrected chi connectivity index (χ1v) is 7.91. The van der Waals surface area contributed by atoms with Gasteiger partial charge in [-0.1, -0.05) is 18.2 Å². The van der Waals surface area contributed by atoms with Gasteiger partial charge < -0.3 is 4.90 Å². The summed E-state index contributed by atoms with van der Waals surface area (Å²) in [5.41, 5.74) is 0.432. The van der Waals surface area contributed by atoms with E-state index in [-0.39, 0.29) is 18.0 Å². The minimum absolute atomic E-state index is 0.0874. The molecular formula is C13H21FN2O2S. The Hall–Kier alpha value is -0.980. The van der Waals surface area contributed by atoms with E-state index in [1.807, 2.05) is 19.0 Å². The maximum absolute atomic E-state index is 13.3. The van der Waals surface area contributed by atoms with E-state index < -0.39 is 10.0 Å². The predicted octanol–water partition coefficient (Wildman–Crippen LogP) is 1.24. The first kappa shape index (κ1) is 16.1. The summed E-state index contributed by atoms with van der Waals surface area (Å²) in [5.74, 6) is -0.444. The van der Waals surface area contributed by atoms with Crippen LogP contribution >= 0.6 is 0 Å². The summed E-state index contributed by atoms with van der Waals surface area (Å²) in [7, 11) is 0.545. The fraction of sp³-hybridized carbons (Fsp3) is 0.538. The van der Waals surface area contributed by atoms with Gasteiger partial charge in [0.25, 0.3) is 0 Å². The monoisotopic (exact) mass is 288 g/mol. The molecule has 1 aromatic rings. The Bertz CT molecular complexity index is 489. The second-order valence-electron chi connectivity index (χ2n) is 4.71. The van der Waals surface area contributed by atoms with Crippen molar-refractivity contribution in [2.75, 3.05) is 32.9 Å². The third-order valence-corrected chi connectivity index (χ3v) is 4.09. The van der Waals surface area contributed by atoms with Crippen molar-refractivity contribution >= 4 is 10.0 Å². The van der Waals surface area contributed by atoms with E-state index in [9.17, 15) is 12.8 Å². The molecule has 1 aromatic carbocycles. The summed E-state index contributed by atoms with van der Waals surface area (Å²) in [6.07, 6.45) is 0.946. The zero-order chi connectivity index (χ0) is 14.3. The number of hydrogen-bond donors (Lipinski definition) is 1. The van der Waals surface area contributed by atoms with Crippen molar-refractivity contribution in [3.8, 4) is 0 Å². The maximum atomic E-state index is 13.3. The second-order valence-corrected chi connectivity index (χ2v) is 6.64. The maximum Gasteiger partial charge on any atom is 0.211 e. The van der Waals surface area contributed by atoms with Gasteiger partial charge in [-0.2, -0.15) is 0 Å². The van der Waals surface area contributed by atoms with E-state index in [1.54, 1.807) is 18.2 Å². The van der Waals surface area contributed by atoms with Crippen molar-refractivity contribution in [3.05, 3.63) is 35.6 Å². The highest BCUT2D eigenvalue weighted by Gasteiger charge is 2.11. The number of aryl methyl sites for hydroxylation is 1. The third-order valence-electron chi connectivity index (χ3n) is 2.70. The molecule has 6 heteroatoms. The smallest absolute Gasteiger partial charge is 0.211 e. The summed E-state index contributed by atoms with van der Waals surface area (Å²) in [5, 5.41) is 0. The van der Waals surface area contributed by atoms with Gasteiger partial charge >= 0.3 is 0 Å². The molecule has 0 amide bonds. The zero-order valence-electron chi connectivity index (χ0n) is 11.4. The highest BCUT2D eigenvalue weighted by Crippen LogP contribution is 2.07. The SMILES string of the molecule is CN(C)CCCNS(=O)(=O)CCc1ccccc1F. The van der Waals surface area contributed by atoms with Gasteiger partial charge in [-0.3, -0.25) is 0 Å². The largest absolute Gasteiger partial charge is 0.309 e. The van der Waals surface area contributed by atoms with Crippen LogP contribution in [-0.4, -0.2) is 46.3 Å². The van der Waals surface area contributed by atoms with Crippen LogP contribution in [0.15, 0.2) is 24.3 Å². The molecule has 0 aliphatic heterocycles. The van der Waals surface area contributed by atoms with Crippen LogP contribution in [-0.2, 0) is 16.4 Å². The summed E-state index contributed by atoms with van der Waals surface area (Å²) in [6.45, 7) is 1.24. The average Bonchev–Trinajstić information content (AvgIpc) is 2.34. The highest BCUT2D eigenvalue weighted by molar-refractivity contribution is 7.89. The molecule has 0 bridgehead atoms. The molecular weight excluding hydrogens is 267 g/mol. The van der Waals surface area contributed by atoms with E-state index in [0.29, 0.717) is 12.1 Å². The minimum atomic E-state index is -3.33. The molecule has 0 fully saturated rings. The van der Waals surface area contributed by atoms with Gasteiger partial charge in [-0.05, 0) is 45.1 Å². The zero-order valence-corrected chi connectivity index (χ0v) is 12.2. The summed E-state index contributed by atoms with van der Waals surface area (Å²) < 4.78 is 39.3. The molecule has 0 saturated carbocycles. The first-order valence-electron chi connectivity index (χ1n) is 6.26. The quantitative estimate of drug-likeness (QED) is 0.732. The average molecular weight is 288 g/mol. The van der Waals surface area contributed by atoms with Gasteiger partial charge in [0, 0.05) is 6.54 Å². The van der Waals surface area contributed by atoms with Crippen molar-refractivity contribution in [2.45, 2.75) is 12.8 Å². The van der Waals surface area contributed by atoms with Gasteiger partial charge in [0.1, 0.15) is 5.82 Å². The van der Waals surface area contributed by atoms with Crippen LogP contribution in [0, 0.1) is 5.82 Å². The van der Waals surface area contributed by atoms with Crippen LogP contribution in [0.1, 0.15) is 12.0 Å². The Labute approximate surface area is 114 Å². The van der Waals surface area contributed by atoms with E-state index in [4.69, 9.17) is 0 Å². The predicted molar refractivity (Wildman–Crippen MR) is 75.1 cm³/mol. The fourth-order valence-corrected chi connectivity index (χ4v) is 2.73. The molecule has 1 rings (SSSR count). The van der Waals surface area contributed by atoms with Gasteiger partial charge in [0.2, 0.25) is 10.0 Å². The summed E-state index contributed by atoms with van der Waals surface area (Å²) >= 11 is 0. The number of sulfonamides is 1. The lowest BCUT2D eigenvalue weighted by molar-refractivity contribution is 0.400. The van der Waals surface area contributed by atoms with Crippen LogP contribution in [0.4, 0.5) is 4.39 Å². The Balaban J connectivity index is 2.37. The van der Waals surface area contributed by atoms with Crippen molar-refractivity contribution in [1.29, 1.82) is 0 Å². The molecule has 0 radical (unpaired) electrons. The molecule has 0 saturated heterocycles. The lowest BCUT2D eigenvalue weighted by Gasteiger charge is -2.10. The summed E-state index contributed by atoms with van der Waals surface area (Å²) in [4.78, 5) is 1.99. The lowest BCUT2D eigenvalue weighted by Crippen LogP contribution is -2.30. The van der Waals surface area contributed by atoms with E-state index in [1.165, 1.54) is 6.07 Å². The van der Waals surface area contributed by atoms with Crippen LogP contribution < -0.4 is 4.72 Å². The van der Waals surface area contributed by atoms with Crippen LogP contribution in [0.2, 0.25) is 0 Å². The van der Waals surface area contributed by atoms with Crippen LogP contribution in [0.3, 0.4) is 0 Å². The molecule has 19 heavy (non-hydrogen) atoms. The number of nitrogens with one attached hydrogen (secondary N) is 1. The number of halogens is 1. The number of hydrogen-bond acceptors (Lipinski definition) is 3. The van der Waals surface area contributed by atoms with E-state index >= 15 is 0 Å². The first-order chi connectivity index (χ1) is 8.91. The van der Waals surface area contributed by atoms with Gasteiger partial charge in [-0.25, -0.2) is 17.5 Å². The van der Waals surface area contributed by atoms with E-state index in [2.05, 4.69) is 4.72 Å². The molecule has 0 heterocycles. The topological polar surface area (TPSA) is 49.4 Å². The molecule has 1 N–H and O–H groups in total. The molecule has 4 nitrogen and oxygen atoms in total. The molecule has 0 spiro atoms. The van der Waals surface area contributed by atoms with Crippen LogP contribution in [0.25, 0.3) is 0 Å². The van der Waals surface area contributed by atoms with Crippen molar-refractivity contribution < 1.29 is 12.8 Å². The van der Waals surface area contributed by atoms with Crippen LogP contribution in [0.5, 0.6) is 0 Å². The molecule has 0 atom stereocenters. The third kappa shape index (κ3) is 6.66. The number of nitrogens with zero attached hydrogens (tertiary/aromatic N) is 1.